The Bertz CT molecular complexity index is 746. The molecule has 1 heterocycles. The Morgan fingerprint density at radius 1 is 1.20 bits per heavy atom. The number of likely N-dealkylation sites (tertiary alicyclic amines) is 1. The summed E-state index contributed by atoms with van der Waals surface area (Å²) in [7, 11) is 0. The van der Waals surface area contributed by atoms with E-state index in [4.69, 9.17) is 0 Å². The van der Waals surface area contributed by atoms with Crippen LogP contribution in [0.3, 0.4) is 0 Å². The maximum absolute atomic E-state index is 12.9. The highest BCUT2D eigenvalue weighted by Gasteiger charge is 2.36. The number of benzene rings is 2. The molecule has 0 bridgehead atoms. The lowest BCUT2D eigenvalue weighted by Gasteiger charge is -2.25. The maximum Gasteiger partial charge on any atom is 0.225 e. The number of hydrogen-bond acceptors (Lipinski definition) is 2. The van der Waals surface area contributed by atoms with Crippen LogP contribution in [0.4, 0.5) is 4.39 Å². The number of nitrogens with one attached hydrogen (secondary N) is 1. The number of carbonyl (C=O) groups is 2. The third-order valence-corrected chi connectivity index (χ3v) is 4.66. The van der Waals surface area contributed by atoms with Crippen molar-refractivity contribution in [3.63, 3.8) is 0 Å². The molecule has 4 nitrogen and oxygen atoms in total. The van der Waals surface area contributed by atoms with Gasteiger partial charge in [-0.3, -0.25) is 9.59 Å². The van der Waals surface area contributed by atoms with Crippen LogP contribution in [0.1, 0.15) is 30.5 Å². The van der Waals surface area contributed by atoms with E-state index in [0.717, 1.165) is 11.1 Å². The molecule has 0 radical (unpaired) electrons. The van der Waals surface area contributed by atoms with Crippen molar-refractivity contribution in [2.75, 3.05) is 6.54 Å². The molecule has 0 spiro atoms. The van der Waals surface area contributed by atoms with Gasteiger partial charge in [0, 0.05) is 19.5 Å². The summed E-state index contributed by atoms with van der Waals surface area (Å²) in [6.45, 7) is 2.73. The van der Waals surface area contributed by atoms with Crippen LogP contribution in [-0.4, -0.2) is 23.3 Å². The first-order chi connectivity index (χ1) is 12.0. The van der Waals surface area contributed by atoms with Crippen LogP contribution < -0.4 is 5.32 Å². The molecule has 0 unspecified atom stereocenters. The van der Waals surface area contributed by atoms with Gasteiger partial charge >= 0.3 is 0 Å². The number of rotatable bonds is 5. The van der Waals surface area contributed by atoms with Crippen LogP contribution in [-0.2, 0) is 16.1 Å². The zero-order valence-electron chi connectivity index (χ0n) is 14.1. The van der Waals surface area contributed by atoms with E-state index in [1.807, 2.05) is 37.3 Å². The molecule has 0 aromatic heterocycles. The number of halogens is 1. The van der Waals surface area contributed by atoms with Gasteiger partial charge in [-0.1, -0.05) is 42.5 Å². The normalized spacial score (nSPS) is 18.2. The number of hydrogen-bond donors (Lipinski definition) is 1. The average Bonchev–Trinajstić information content (AvgIpc) is 3.03. The zero-order chi connectivity index (χ0) is 17.8. The van der Waals surface area contributed by atoms with Crippen LogP contribution in [0, 0.1) is 11.7 Å². The van der Waals surface area contributed by atoms with Gasteiger partial charge in [-0.15, -0.1) is 0 Å². The van der Waals surface area contributed by atoms with Gasteiger partial charge in [0.25, 0.3) is 0 Å². The van der Waals surface area contributed by atoms with E-state index >= 15 is 0 Å². The summed E-state index contributed by atoms with van der Waals surface area (Å²) in [5.74, 6) is -0.792. The van der Waals surface area contributed by atoms with E-state index in [9.17, 15) is 14.0 Å². The molecule has 2 amide bonds. The molecule has 0 saturated carbocycles. The van der Waals surface area contributed by atoms with Crippen LogP contribution >= 0.6 is 0 Å². The molecule has 3 rings (SSSR count). The molecule has 2 atom stereocenters. The van der Waals surface area contributed by atoms with Gasteiger partial charge in [-0.2, -0.15) is 0 Å². The van der Waals surface area contributed by atoms with Gasteiger partial charge in [-0.25, -0.2) is 4.39 Å². The molecule has 0 aliphatic carbocycles. The first-order valence-electron chi connectivity index (χ1n) is 8.41. The lowest BCUT2D eigenvalue weighted by molar-refractivity contribution is -0.130. The van der Waals surface area contributed by atoms with Gasteiger partial charge in [0.05, 0.1) is 12.0 Å². The minimum Gasteiger partial charge on any atom is -0.352 e. The second kappa shape index (κ2) is 7.47. The van der Waals surface area contributed by atoms with E-state index in [1.165, 1.54) is 12.1 Å². The minimum atomic E-state index is -0.348. The summed E-state index contributed by atoms with van der Waals surface area (Å²) in [6.07, 6.45) is 0.229. The summed E-state index contributed by atoms with van der Waals surface area (Å²) in [6, 6.07) is 15.8. The molecule has 1 fully saturated rings. The smallest absolute Gasteiger partial charge is 0.225 e. The Kier molecular flexibility index (Phi) is 5.12. The van der Waals surface area contributed by atoms with E-state index in [1.54, 1.807) is 17.0 Å². The Hall–Kier alpha value is -2.69. The quantitative estimate of drug-likeness (QED) is 0.909. The third-order valence-electron chi connectivity index (χ3n) is 4.66. The molecule has 25 heavy (non-hydrogen) atoms. The fraction of sp³-hybridized carbons (Fsp3) is 0.300. The highest BCUT2D eigenvalue weighted by atomic mass is 19.1. The van der Waals surface area contributed by atoms with Gasteiger partial charge < -0.3 is 10.2 Å². The standard InChI is InChI=1S/C20H21FN2O2/c1-14(16-5-3-2-4-6-16)23-13-17(11-19(23)24)20(25)22-12-15-7-9-18(21)10-8-15/h2-10,14,17H,11-13H2,1H3,(H,22,25)/t14-,17-/m1/s1. The van der Waals surface area contributed by atoms with Crippen LogP contribution in [0.2, 0.25) is 0 Å². The Balaban J connectivity index is 1.58. The molecule has 2 aromatic rings. The predicted octanol–water partition coefficient (Wildman–Crippen LogP) is 3.05. The summed E-state index contributed by atoms with van der Waals surface area (Å²) >= 11 is 0. The molecule has 5 heteroatoms. The molecule has 1 aliphatic rings. The summed E-state index contributed by atoms with van der Waals surface area (Å²) in [4.78, 5) is 26.5. The fourth-order valence-corrected chi connectivity index (χ4v) is 3.13. The second-order valence-corrected chi connectivity index (χ2v) is 6.38. The topological polar surface area (TPSA) is 49.4 Å². The van der Waals surface area contributed by atoms with Crippen molar-refractivity contribution < 1.29 is 14.0 Å². The number of nitrogens with zero attached hydrogens (tertiary/aromatic N) is 1. The van der Waals surface area contributed by atoms with Crippen molar-refractivity contribution in [1.29, 1.82) is 0 Å². The average molecular weight is 340 g/mol. The van der Waals surface area contributed by atoms with Crippen molar-refractivity contribution in [3.05, 3.63) is 71.5 Å². The first kappa shape index (κ1) is 17.1. The largest absolute Gasteiger partial charge is 0.352 e. The van der Waals surface area contributed by atoms with Crippen molar-refractivity contribution in [1.82, 2.24) is 10.2 Å². The summed E-state index contributed by atoms with van der Waals surface area (Å²) in [5.41, 5.74) is 1.89. The number of amides is 2. The maximum atomic E-state index is 12.9. The fourth-order valence-electron chi connectivity index (χ4n) is 3.13. The summed E-state index contributed by atoms with van der Waals surface area (Å²) < 4.78 is 12.9. The van der Waals surface area contributed by atoms with Crippen LogP contribution in [0.5, 0.6) is 0 Å². The van der Waals surface area contributed by atoms with Gasteiger partial charge in [0.15, 0.2) is 0 Å². The molecule has 130 valence electrons. The lowest BCUT2D eigenvalue weighted by Crippen LogP contribution is -2.33. The monoisotopic (exact) mass is 340 g/mol. The Morgan fingerprint density at radius 3 is 2.56 bits per heavy atom. The van der Waals surface area contributed by atoms with Gasteiger partial charge in [0.1, 0.15) is 5.82 Å². The molecule has 1 N–H and O–H groups in total. The highest BCUT2D eigenvalue weighted by molar-refractivity contribution is 5.89. The molecular formula is C20H21FN2O2. The molecular weight excluding hydrogens is 319 g/mol. The van der Waals surface area contributed by atoms with E-state index < -0.39 is 0 Å². The van der Waals surface area contributed by atoms with Gasteiger partial charge in [-0.05, 0) is 30.2 Å². The zero-order valence-corrected chi connectivity index (χ0v) is 14.1. The van der Waals surface area contributed by atoms with Crippen molar-refractivity contribution in [3.8, 4) is 0 Å². The minimum absolute atomic E-state index is 0.00159. The highest BCUT2D eigenvalue weighted by Crippen LogP contribution is 2.28. The molecule has 2 aromatic carbocycles. The van der Waals surface area contributed by atoms with Crippen molar-refractivity contribution in [2.24, 2.45) is 5.92 Å². The van der Waals surface area contributed by atoms with E-state index in [0.29, 0.717) is 13.1 Å². The number of carbonyl (C=O) groups excluding carboxylic acids is 2. The van der Waals surface area contributed by atoms with E-state index in [2.05, 4.69) is 5.32 Å². The first-order valence-corrected chi connectivity index (χ1v) is 8.41. The Morgan fingerprint density at radius 2 is 1.88 bits per heavy atom. The summed E-state index contributed by atoms with van der Waals surface area (Å²) in [5, 5.41) is 2.84. The molecule has 1 aliphatic heterocycles. The molecule has 1 saturated heterocycles. The van der Waals surface area contributed by atoms with E-state index in [-0.39, 0.29) is 36.0 Å². The Labute approximate surface area is 146 Å². The van der Waals surface area contributed by atoms with Crippen molar-refractivity contribution in [2.45, 2.75) is 25.9 Å². The van der Waals surface area contributed by atoms with Crippen LogP contribution in [0.15, 0.2) is 54.6 Å². The van der Waals surface area contributed by atoms with Crippen molar-refractivity contribution >= 4 is 11.8 Å². The van der Waals surface area contributed by atoms with Gasteiger partial charge in [0.2, 0.25) is 11.8 Å². The third kappa shape index (κ3) is 4.05. The SMILES string of the molecule is C[C@H](c1ccccc1)N1C[C@H](C(=O)NCc2ccc(F)cc2)CC1=O. The second-order valence-electron chi connectivity index (χ2n) is 6.38. The van der Waals surface area contributed by atoms with Crippen LogP contribution in [0.25, 0.3) is 0 Å². The lowest BCUT2D eigenvalue weighted by atomic mass is 10.1. The predicted molar refractivity (Wildman–Crippen MR) is 92.9 cm³/mol.